The van der Waals surface area contributed by atoms with Crippen molar-refractivity contribution < 1.29 is 24.0 Å². The zero-order chi connectivity index (χ0) is 21.4. The number of hydrogen-bond donors (Lipinski definition) is 2. The molecule has 6 heteroatoms. The molecule has 2 N–H and O–H groups in total. The van der Waals surface area contributed by atoms with E-state index in [0.717, 1.165) is 11.1 Å². The summed E-state index contributed by atoms with van der Waals surface area (Å²) in [5, 5.41) is 9.61. The van der Waals surface area contributed by atoms with Crippen molar-refractivity contribution in [3.8, 4) is 5.75 Å². The van der Waals surface area contributed by atoms with Gasteiger partial charge in [0.05, 0.1) is 6.61 Å². The third kappa shape index (κ3) is 5.24. The molecular weight excluding hydrogens is 380 g/mol. The van der Waals surface area contributed by atoms with Gasteiger partial charge in [-0.2, -0.15) is 10.2 Å². The molecule has 0 aliphatic rings. The maximum atomic E-state index is 13.2. The molecule has 0 saturated heterocycles. The average molecular weight is 405 g/mol. The molecule has 0 aliphatic heterocycles. The van der Waals surface area contributed by atoms with E-state index in [0.29, 0.717) is 5.56 Å². The number of carbonyl (C=O) groups excluding carboxylic acids is 2. The molecule has 3 aromatic rings. The van der Waals surface area contributed by atoms with Crippen LogP contribution in [0, 0.1) is 0 Å². The molecule has 0 fully saturated rings. The van der Waals surface area contributed by atoms with Gasteiger partial charge in [-0.1, -0.05) is 48.5 Å². The number of hydrogen-bond acceptors (Lipinski definition) is 4. The van der Waals surface area contributed by atoms with Crippen molar-refractivity contribution in [2.45, 2.75) is 20.0 Å². The standard InChI is InChI=1S/C24H24N2O4/c1-2-30-24(29)26(17-19-9-5-3-6-10-19,18-20-13-15-22(27)16-14-20)25-23(28)21-11-7-4-8-12-21/h3-16H,2,17-18H2,1H3,(H-,25,27,28)/p+1/t26-/m0/s1. The molecule has 0 aromatic heterocycles. The van der Waals surface area contributed by atoms with Crippen molar-refractivity contribution in [1.29, 1.82) is 0 Å². The van der Waals surface area contributed by atoms with Crippen molar-refractivity contribution in [2.75, 3.05) is 6.61 Å². The summed E-state index contributed by atoms with van der Waals surface area (Å²) in [5.74, 6) is -0.247. The molecule has 3 rings (SSSR count). The lowest BCUT2D eigenvalue weighted by Gasteiger charge is -2.33. The van der Waals surface area contributed by atoms with E-state index in [-0.39, 0.29) is 31.4 Å². The molecule has 0 spiro atoms. The van der Waals surface area contributed by atoms with E-state index >= 15 is 0 Å². The van der Waals surface area contributed by atoms with Gasteiger partial charge in [-0.05, 0) is 43.3 Å². The highest BCUT2D eigenvalue weighted by Gasteiger charge is 2.42. The van der Waals surface area contributed by atoms with Crippen molar-refractivity contribution in [2.24, 2.45) is 0 Å². The highest BCUT2D eigenvalue weighted by Crippen LogP contribution is 2.22. The Labute approximate surface area is 175 Å². The average Bonchev–Trinajstić information content (AvgIpc) is 2.77. The second kappa shape index (κ2) is 9.71. The molecule has 0 aliphatic carbocycles. The van der Waals surface area contributed by atoms with E-state index in [2.05, 4.69) is 5.43 Å². The highest BCUT2D eigenvalue weighted by molar-refractivity contribution is 5.93. The van der Waals surface area contributed by atoms with Gasteiger partial charge in [0.15, 0.2) is 0 Å². The van der Waals surface area contributed by atoms with Crippen LogP contribution < -0.4 is 5.43 Å². The number of phenols is 1. The Bertz CT molecular complexity index is 975. The van der Waals surface area contributed by atoms with Gasteiger partial charge in [0.2, 0.25) is 0 Å². The number of ether oxygens (including phenoxy) is 1. The Hall–Kier alpha value is -3.64. The fraction of sp³-hybridized carbons (Fsp3) is 0.167. The SMILES string of the molecule is CCOC(=O)[N@+](Cc1ccccc1)(Cc1ccc(O)cc1)NC(=O)c1ccccc1. The maximum absolute atomic E-state index is 13.2. The molecule has 0 bridgehead atoms. The number of rotatable bonds is 6. The minimum atomic E-state index is -0.557. The minimum absolute atomic E-state index is 0.129. The molecule has 0 radical (unpaired) electrons. The van der Waals surface area contributed by atoms with Gasteiger partial charge >= 0.3 is 6.09 Å². The first-order valence-corrected chi connectivity index (χ1v) is 9.76. The first-order valence-electron chi connectivity index (χ1n) is 9.76. The fourth-order valence-corrected chi connectivity index (χ4v) is 3.21. The van der Waals surface area contributed by atoms with Crippen LogP contribution in [0.2, 0.25) is 0 Å². The second-order valence-corrected chi connectivity index (χ2v) is 6.94. The number of aromatic hydroxyl groups is 1. The van der Waals surface area contributed by atoms with Gasteiger partial charge in [-0.25, -0.2) is 0 Å². The summed E-state index contributed by atoms with van der Waals surface area (Å²) in [4.78, 5) is 26.2. The largest absolute Gasteiger partial charge is 0.541 e. The quantitative estimate of drug-likeness (QED) is 0.470. The lowest BCUT2D eigenvalue weighted by atomic mass is 10.1. The van der Waals surface area contributed by atoms with Crippen molar-refractivity contribution >= 4 is 12.0 Å². The topological polar surface area (TPSA) is 75.6 Å². The first kappa shape index (κ1) is 21.1. The minimum Gasteiger partial charge on any atom is -0.508 e. The molecule has 1 atom stereocenters. The molecule has 0 saturated carbocycles. The van der Waals surface area contributed by atoms with E-state index < -0.39 is 10.7 Å². The number of benzene rings is 3. The predicted molar refractivity (Wildman–Crippen MR) is 113 cm³/mol. The highest BCUT2D eigenvalue weighted by atomic mass is 16.6. The van der Waals surface area contributed by atoms with Gasteiger partial charge in [0.25, 0.3) is 5.91 Å². The van der Waals surface area contributed by atoms with Crippen LogP contribution in [0.1, 0.15) is 28.4 Å². The summed E-state index contributed by atoms with van der Waals surface area (Å²) >= 11 is 0. The summed E-state index contributed by atoms with van der Waals surface area (Å²) in [6, 6.07) is 24.8. The van der Waals surface area contributed by atoms with Gasteiger partial charge in [0, 0.05) is 16.7 Å². The number of nitrogens with one attached hydrogen (secondary N) is 1. The Morgan fingerprint density at radius 2 is 1.37 bits per heavy atom. The van der Waals surface area contributed by atoms with Gasteiger partial charge in [0.1, 0.15) is 18.8 Å². The molecule has 6 nitrogen and oxygen atoms in total. The Morgan fingerprint density at radius 1 is 0.833 bits per heavy atom. The lowest BCUT2D eigenvalue weighted by Crippen LogP contribution is -2.62. The van der Waals surface area contributed by atoms with E-state index in [9.17, 15) is 14.7 Å². The number of amides is 2. The van der Waals surface area contributed by atoms with Crippen LogP contribution in [-0.2, 0) is 17.8 Å². The first-order chi connectivity index (χ1) is 14.5. The van der Waals surface area contributed by atoms with E-state index in [1.54, 1.807) is 55.5 Å². The van der Waals surface area contributed by atoms with Crippen LogP contribution in [-0.4, -0.2) is 28.3 Å². The molecule has 3 aromatic carbocycles. The summed E-state index contributed by atoms with van der Waals surface area (Å²) in [7, 11) is 0. The Morgan fingerprint density at radius 3 is 1.93 bits per heavy atom. The normalized spacial score (nSPS) is 12.6. The van der Waals surface area contributed by atoms with Gasteiger partial charge in [-0.15, -0.1) is 4.59 Å². The number of nitrogens with zero attached hydrogens (tertiary/aromatic N) is 1. The zero-order valence-corrected chi connectivity index (χ0v) is 16.8. The third-order valence-electron chi connectivity index (χ3n) is 4.65. The molecule has 30 heavy (non-hydrogen) atoms. The van der Waals surface area contributed by atoms with Crippen LogP contribution in [0.5, 0.6) is 5.75 Å². The summed E-state index contributed by atoms with van der Waals surface area (Å²) in [6.07, 6.45) is -0.557. The molecule has 2 amide bonds. The van der Waals surface area contributed by atoms with E-state index in [4.69, 9.17) is 4.74 Å². The van der Waals surface area contributed by atoms with Crippen LogP contribution in [0.25, 0.3) is 0 Å². The fourth-order valence-electron chi connectivity index (χ4n) is 3.21. The number of carbonyl (C=O) groups is 2. The van der Waals surface area contributed by atoms with Crippen LogP contribution >= 0.6 is 0 Å². The zero-order valence-electron chi connectivity index (χ0n) is 16.8. The smallest absolute Gasteiger partial charge is 0.508 e. The van der Waals surface area contributed by atoms with E-state index in [1.165, 1.54) is 0 Å². The van der Waals surface area contributed by atoms with Gasteiger partial charge < -0.3 is 9.84 Å². The van der Waals surface area contributed by atoms with Crippen LogP contribution in [0.3, 0.4) is 0 Å². The second-order valence-electron chi connectivity index (χ2n) is 6.94. The Kier molecular flexibility index (Phi) is 6.83. The summed E-state index contributed by atoms with van der Waals surface area (Å²) < 4.78 is 4.93. The van der Waals surface area contributed by atoms with Crippen LogP contribution in [0.4, 0.5) is 4.79 Å². The number of quaternary nitrogens is 1. The summed E-state index contributed by atoms with van der Waals surface area (Å²) in [5.41, 5.74) is 4.99. The van der Waals surface area contributed by atoms with E-state index in [1.807, 2.05) is 36.4 Å². The maximum Gasteiger partial charge on any atom is 0.541 e. The molecule has 154 valence electrons. The van der Waals surface area contributed by atoms with Crippen molar-refractivity contribution in [3.05, 3.63) is 102 Å². The van der Waals surface area contributed by atoms with Gasteiger partial charge in [-0.3, -0.25) is 4.79 Å². The lowest BCUT2D eigenvalue weighted by molar-refractivity contribution is -0.918. The predicted octanol–water partition coefficient (Wildman–Crippen LogP) is 4.41. The number of phenolic OH excluding ortho intramolecular Hbond substituents is 1. The summed E-state index contributed by atoms with van der Waals surface area (Å²) in [6.45, 7) is 2.28. The monoisotopic (exact) mass is 405 g/mol. The van der Waals surface area contributed by atoms with Crippen LogP contribution in [0.15, 0.2) is 84.9 Å². The molecular formula is C24H25N2O4+. The Balaban J connectivity index is 2.02. The third-order valence-corrected chi connectivity index (χ3v) is 4.65. The van der Waals surface area contributed by atoms with Crippen molar-refractivity contribution in [3.63, 3.8) is 0 Å². The molecule has 0 unspecified atom stereocenters. The molecule has 0 heterocycles. The van der Waals surface area contributed by atoms with Crippen molar-refractivity contribution in [1.82, 2.24) is 5.43 Å².